The molecule has 2 heteroatoms. The van der Waals surface area contributed by atoms with Gasteiger partial charge in [0.2, 0.25) is 0 Å². The number of anilines is 4. The zero-order valence-electron chi connectivity index (χ0n) is 27.8. The molecular weight excluding hydrogens is 556 g/mol. The summed E-state index contributed by atoms with van der Waals surface area (Å²) in [5.41, 5.74) is 8.98. The van der Waals surface area contributed by atoms with Gasteiger partial charge in [0.15, 0.2) is 0 Å². The third-order valence-corrected chi connectivity index (χ3v) is 14.1. The van der Waals surface area contributed by atoms with E-state index in [2.05, 4.69) is 135 Å². The van der Waals surface area contributed by atoms with E-state index in [-0.39, 0.29) is 21.9 Å². The Labute approximate surface area is 273 Å². The van der Waals surface area contributed by atoms with Crippen molar-refractivity contribution < 1.29 is 0 Å². The van der Waals surface area contributed by atoms with Gasteiger partial charge in [-0.25, -0.2) is 0 Å². The second kappa shape index (κ2) is 8.85. The first-order valence-electron chi connectivity index (χ1n) is 17.8. The summed E-state index contributed by atoms with van der Waals surface area (Å²) in [6, 6.07) is 37.9. The quantitative estimate of drug-likeness (QED) is 0.182. The number of hydrogen-bond donors (Lipinski definition) is 0. The van der Waals surface area contributed by atoms with E-state index in [1.807, 2.05) is 0 Å². The molecule has 2 aliphatic heterocycles. The minimum Gasteiger partial charge on any atom is -0.334 e. The van der Waals surface area contributed by atoms with Gasteiger partial charge in [-0.3, -0.25) is 0 Å². The lowest BCUT2D eigenvalue weighted by Crippen LogP contribution is -2.54. The van der Waals surface area contributed by atoms with E-state index in [1.54, 1.807) is 0 Å². The van der Waals surface area contributed by atoms with Crippen LogP contribution in [-0.2, 0) is 10.8 Å². The van der Waals surface area contributed by atoms with Crippen LogP contribution in [0.15, 0.2) is 97.1 Å². The highest BCUT2D eigenvalue weighted by Crippen LogP contribution is 2.63. The number of fused-ring (bicyclic) bond motifs is 6. The van der Waals surface area contributed by atoms with E-state index in [9.17, 15) is 0 Å². The molecule has 0 N–H and O–H groups in total. The standard InChI is InChI=1S/C44H44N2/c1-41-25-9-11-27-43(41,3)45(37-15-7-5-13-33(37)41)35-23-19-29-18-22-32-36(24-20-30-17-21-31(35)39(29)40(30)32)46-38-16-8-6-14-34(38)42(2)26-10-12-28-44(42,46)4/h5-8,13-24H,9-12,25-28H2,1-4H3. The van der Waals surface area contributed by atoms with Gasteiger partial charge in [-0.05, 0) is 96.5 Å². The van der Waals surface area contributed by atoms with Gasteiger partial charge < -0.3 is 9.80 Å². The van der Waals surface area contributed by atoms with Crippen molar-refractivity contribution in [2.75, 3.05) is 9.80 Å². The van der Waals surface area contributed by atoms with E-state index in [0.29, 0.717) is 0 Å². The van der Waals surface area contributed by atoms with Crippen LogP contribution in [0.25, 0.3) is 32.3 Å². The van der Waals surface area contributed by atoms with Gasteiger partial charge in [-0.2, -0.15) is 0 Å². The topological polar surface area (TPSA) is 6.48 Å². The Morgan fingerprint density at radius 3 is 1.26 bits per heavy atom. The lowest BCUT2D eigenvalue weighted by atomic mass is 9.61. The van der Waals surface area contributed by atoms with Gasteiger partial charge in [-0.15, -0.1) is 0 Å². The van der Waals surface area contributed by atoms with Crippen LogP contribution in [0.5, 0.6) is 0 Å². The normalized spacial score (nSPS) is 30.2. The monoisotopic (exact) mass is 600 g/mol. The third-order valence-electron chi connectivity index (χ3n) is 14.1. The van der Waals surface area contributed by atoms with Crippen LogP contribution in [0.1, 0.15) is 90.2 Å². The molecule has 0 saturated heterocycles. The molecule has 10 rings (SSSR count). The summed E-state index contributed by atoms with van der Waals surface area (Å²) in [5, 5.41) is 8.29. The van der Waals surface area contributed by atoms with E-state index in [1.165, 1.54) is 118 Å². The SMILES string of the molecule is CC12CCCCC1(C)N(c1ccc3ccc4c(N5c6ccccc6C6(C)CCCCC56C)ccc5ccc1c3c54)c1ccccc12. The number of hydrogen-bond acceptors (Lipinski definition) is 2. The maximum Gasteiger partial charge on any atom is 0.0518 e. The average Bonchev–Trinajstić information content (AvgIpc) is 3.42. The molecular formula is C44H44N2. The molecule has 2 heterocycles. The summed E-state index contributed by atoms with van der Waals surface area (Å²) in [7, 11) is 0. The molecule has 2 nitrogen and oxygen atoms in total. The molecule has 6 aromatic rings. The fourth-order valence-corrected chi connectivity index (χ4v) is 11.3. The van der Waals surface area contributed by atoms with Crippen LogP contribution in [0.3, 0.4) is 0 Å². The van der Waals surface area contributed by atoms with Crippen LogP contribution in [0.2, 0.25) is 0 Å². The summed E-state index contributed by atoms with van der Waals surface area (Å²) >= 11 is 0. The predicted octanol–water partition coefficient (Wildman–Crippen LogP) is 12.1. The molecule has 2 saturated carbocycles. The lowest BCUT2D eigenvalue weighted by Gasteiger charge is -2.50. The molecule has 4 aliphatic rings. The van der Waals surface area contributed by atoms with Crippen molar-refractivity contribution in [3.63, 3.8) is 0 Å². The summed E-state index contributed by atoms with van der Waals surface area (Å²) in [6.07, 6.45) is 10.1. The van der Waals surface area contributed by atoms with Crippen LogP contribution >= 0.6 is 0 Å². The maximum absolute atomic E-state index is 2.76. The van der Waals surface area contributed by atoms with Crippen molar-refractivity contribution in [1.29, 1.82) is 0 Å². The van der Waals surface area contributed by atoms with Gasteiger partial charge in [-0.1, -0.05) is 112 Å². The minimum atomic E-state index is 0.0439. The Kier molecular flexibility index (Phi) is 5.22. The fraction of sp³-hybridized carbons (Fsp3) is 0.364. The van der Waals surface area contributed by atoms with Crippen LogP contribution < -0.4 is 9.80 Å². The van der Waals surface area contributed by atoms with E-state index in [4.69, 9.17) is 0 Å². The maximum atomic E-state index is 2.76. The lowest BCUT2D eigenvalue weighted by molar-refractivity contribution is 0.195. The number of benzene rings is 6. The molecule has 4 unspecified atom stereocenters. The molecule has 0 amide bonds. The summed E-state index contributed by atoms with van der Waals surface area (Å²) in [6.45, 7) is 10.2. The molecule has 230 valence electrons. The van der Waals surface area contributed by atoms with Crippen LogP contribution in [0, 0.1) is 0 Å². The summed E-state index contributed by atoms with van der Waals surface area (Å²) < 4.78 is 0. The van der Waals surface area contributed by atoms with Crippen LogP contribution in [0.4, 0.5) is 22.7 Å². The van der Waals surface area contributed by atoms with Crippen molar-refractivity contribution in [1.82, 2.24) is 0 Å². The van der Waals surface area contributed by atoms with Crippen LogP contribution in [-0.4, -0.2) is 11.1 Å². The van der Waals surface area contributed by atoms with Gasteiger partial charge in [0.1, 0.15) is 0 Å². The van der Waals surface area contributed by atoms with Gasteiger partial charge >= 0.3 is 0 Å². The summed E-state index contributed by atoms with van der Waals surface area (Å²) in [5.74, 6) is 0. The molecule has 2 fully saturated rings. The second-order valence-corrected chi connectivity index (χ2v) is 15.9. The number of rotatable bonds is 2. The Balaban J connectivity index is 1.24. The Morgan fingerprint density at radius 1 is 0.413 bits per heavy atom. The fourth-order valence-electron chi connectivity index (χ4n) is 11.3. The molecule has 0 radical (unpaired) electrons. The Morgan fingerprint density at radius 2 is 0.804 bits per heavy atom. The van der Waals surface area contributed by atoms with E-state index >= 15 is 0 Å². The zero-order valence-corrected chi connectivity index (χ0v) is 27.8. The molecule has 2 aliphatic carbocycles. The molecule has 6 aromatic carbocycles. The molecule has 46 heavy (non-hydrogen) atoms. The molecule has 0 bridgehead atoms. The van der Waals surface area contributed by atoms with Crippen molar-refractivity contribution in [2.24, 2.45) is 0 Å². The molecule has 0 spiro atoms. The van der Waals surface area contributed by atoms with E-state index in [0.717, 1.165) is 0 Å². The molecule has 0 aromatic heterocycles. The van der Waals surface area contributed by atoms with E-state index < -0.39 is 0 Å². The first kappa shape index (κ1) is 27.1. The second-order valence-electron chi connectivity index (χ2n) is 15.9. The summed E-state index contributed by atoms with van der Waals surface area (Å²) in [4.78, 5) is 5.53. The Hall–Kier alpha value is -4.04. The first-order valence-corrected chi connectivity index (χ1v) is 17.8. The average molecular weight is 601 g/mol. The smallest absolute Gasteiger partial charge is 0.0518 e. The first-order chi connectivity index (χ1) is 22.3. The highest BCUT2D eigenvalue weighted by molar-refractivity contribution is 6.28. The molecule has 4 atom stereocenters. The number of para-hydroxylation sites is 2. The number of nitrogens with zero attached hydrogens (tertiary/aromatic N) is 2. The van der Waals surface area contributed by atoms with Crippen molar-refractivity contribution in [3.8, 4) is 0 Å². The zero-order chi connectivity index (χ0) is 31.1. The van der Waals surface area contributed by atoms with Gasteiger partial charge in [0.05, 0.1) is 11.1 Å². The van der Waals surface area contributed by atoms with Crippen molar-refractivity contribution in [2.45, 2.75) is 101 Å². The Bertz CT molecular complexity index is 2060. The highest BCUT2D eigenvalue weighted by atomic mass is 15.3. The minimum absolute atomic E-state index is 0.0439. The largest absolute Gasteiger partial charge is 0.334 e. The third kappa shape index (κ3) is 3.01. The predicted molar refractivity (Wildman–Crippen MR) is 196 cm³/mol. The van der Waals surface area contributed by atoms with Crippen molar-refractivity contribution in [3.05, 3.63) is 108 Å². The van der Waals surface area contributed by atoms with Gasteiger partial charge in [0.25, 0.3) is 0 Å². The van der Waals surface area contributed by atoms with Crippen molar-refractivity contribution >= 4 is 55.1 Å². The van der Waals surface area contributed by atoms with Gasteiger partial charge in [0, 0.05) is 44.4 Å². The highest BCUT2D eigenvalue weighted by Gasteiger charge is 2.59.